The Kier molecular flexibility index (Phi) is 2.30. The lowest BCUT2D eigenvalue weighted by Crippen LogP contribution is -2.22. The highest BCUT2D eigenvalue weighted by molar-refractivity contribution is 6.31. The van der Waals surface area contributed by atoms with Gasteiger partial charge in [-0.05, 0) is 6.07 Å². The van der Waals surface area contributed by atoms with Crippen molar-refractivity contribution in [2.45, 2.75) is 0 Å². The molecule has 0 radical (unpaired) electrons. The van der Waals surface area contributed by atoms with Gasteiger partial charge in [0.1, 0.15) is 0 Å². The van der Waals surface area contributed by atoms with Crippen molar-refractivity contribution in [3.05, 3.63) is 65.7 Å². The number of para-hydroxylation sites is 1. The monoisotopic (exact) mass is 333 g/mol. The van der Waals surface area contributed by atoms with Gasteiger partial charge in [-0.25, -0.2) is 0 Å². The molecule has 0 spiro atoms. The van der Waals surface area contributed by atoms with Gasteiger partial charge in [-0.1, -0.05) is 18.2 Å². The molecular weight excluding hydrogens is 322 g/mol. The first-order valence-corrected chi connectivity index (χ1v) is 7.68. The van der Waals surface area contributed by atoms with E-state index >= 15 is 0 Å². The number of aromatic nitrogens is 3. The van der Waals surface area contributed by atoms with Crippen LogP contribution in [0.4, 0.5) is 0 Å². The van der Waals surface area contributed by atoms with Crippen molar-refractivity contribution in [1.29, 1.82) is 0 Å². The summed E-state index contributed by atoms with van der Waals surface area (Å²) >= 11 is 0. The number of aromatic amines is 1. The summed E-state index contributed by atoms with van der Waals surface area (Å²) in [6, 6.07) is 7.29. The van der Waals surface area contributed by atoms with Crippen LogP contribution in [0.3, 0.4) is 0 Å². The molecule has 0 saturated carbocycles. The summed E-state index contributed by atoms with van der Waals surface area (Å²) in [6.07, 6.45) is 0. The molecular formula is C18H11N3O4. The van der Waals surface area contributed by atoms with Crippen molar-refractivity contribution in [2.24, 2.45) is 14.1 Å². The molecule has 0 amide bonds. The second-order valence-electron chi connectivity index (χ2n) is 6.26. The number of fused-ring (bicyclic) bond motifs is 8. The molecule has 1 N–H and O–H groups in total. The van der Waals surface area contributed by atoms with Crippen molar-refractivity contribution < 1.29 is 0 Å². The fraction of sp³-hybridized carbons (Fsp3) is 0.111. The van der Waals surface area contributed by atoms with Crippen LogP contribution in [0.2, 0.25) is 0 Å². The third-order valence-corrected chi connectivity index (χ3v) is 5.03. The quantitative estimate of drug-likeness (QED) is 0.449. The van der Waals surface area contributed by atoms with Gasteiger partial charge in [0.15, 0.2) is 0 Å². The Morgan fingerprint density at radius 2 is 1.16 bits per heavy atom. The molecule has 0 saturated heterocycles. The van der Waals surface area contributed by atoms with Gasteiger partial charge in [-0.3, -0.25) is 28.3 Å². The molecule has 3 heterocycles. The molecule has 0 aliphatic heterocycles. The fourth-order valence-corrected chi connectivity index (χ4v) is 3.80. The van der Waals surface area contributed by atoms with Crippen LogP contribution in [0.5, 0.6) is 0 Å². The first-order chi connectivity index (χ1) is 11.9. The molecule has 0 unspecified atom stereocenters. The van der Waals surface area contributed by atoms with Crippen molar-refractivity contribution in [1.82, 2.24) is 14.1 Å². The largest absolute Gasteiger partial charge is 0.354 e. The number of rotatable bonds is 0. The zero-order valence-electron chi connectivity index (χ0n) is 13.3. The third-order valence-electron chi connectivity index (χ3n) is 5.03. The molecule has 2 aromatic carbocycles. The molecule has 7 nitrogen and oxygen atoms in total. The minimum absolute atomic E-state index is 0.0178. The van der Waals surface area contributed by atoms with E-state index in [0.29, 0.717) is 10.9 Å². The van der Waals surface area contributed by atoms with Gasteiger partial charge in [0.05, 0.1) is 27.1 Å². The molecule has 0 atom stereocenters. The minimum atomic E-state index is -0.562. The second kappa shape index (κ2) is 4.13. The van der Waals surface area contributed by atoms with Crippen molar-refractivity contribution in [3.63, 3.8) is 0 Å². The average molecular weight is 333 g/mol. The minimum Gasteiger partial charge on any atom is -0.354 e. The van der Waals surface area contributed by atoms with Crippen LogP contribution < -0.4 is 22.2 Å². The zero-order valence-corrected chi connectivity index (χ0v) is 13.3. The molecule has 5 rings (SSSR count). The normalized spacial score (nSPS) is 12.2. The van der Waals surface area contributed by atoms with Gasteiger partial charge < -0.3 is 4.98 Å². The van der Waals surface area contributed by atoms with Gasteiger partial charge in [-0.2, -0.15) is 0 Å². The van der Waals surface area contributed by atoms with Gasteiger partial charge in [0.25, 0.3) is 22.2 Å². The predicted octanol–water partition coefficient (Wildman–Crippen LogP) is 0.621. The third kappa shape index (κ3) is 1.38. The Hall–Kier alpha value is -3.48. The smallest absolute Gasteiger partial charge is 0.263 e. The van der Waals surface area contributed by atoms with Crippen molar-refractivity contribution in [2.75, 3.05) is 0 Å². The van der Waals surface area contributed by atoms with E-state index in [2.05, 4.69) is 4.98 Å². The van der Waals surface area contributed by atoms with Crippen LogP contribution in [0.25, 0.3) is 43.4 Å². The topological polar surface area (TPSA) is 93.9 Å². The number of H-pyrrole nitrogens is 1. The summed E-state index contributed by atoms with van der Waals surface area (Å²) in [4.78, 5) is 53.7. The highest BCUT2D eigenvalue weighted by atomic mass is 16.2. The summed E-state index contributed by atoms with van der Waals surface area (Å²) < 4.78 is 1.97. The number of nitrogens with one attached hydrogen (secondary N) is 1. The van der Waals surface area contributed by atoms with Crippen LogP contribution in [-0.2, 0) is 14.1 Å². The Labute approximate surface area is 138 Å². The Morgan fingerprint density at radius 3 is 1.80 bits per heavy atom. The predicted molar refractivity (Wildman–Crippen MR) is 96.2 cm³/mol. The molecule has 7 heteroatoms. The molecule has 0 bridgehead atoms. The Bertz CT molecular complexity index is 1590. The highest BCUT2D eigenvalue weighted by Gasteiger charge is 2.26. The van der Waals surface area contributed by atoms with Crippen LogP contribution in [0, 0.1) is 0 Å². The lowest BCUT2D eigenvalue weighted by Gasteiger charge is -1.95. The average Bonchev–Trinajstić information content (AvgIpc) is 3.17. The van der Waals surface area contributed by atoms with E-state index < -0.39 is 22.2 Å². The van der Waals surface area contributed by atoms with Gasteiger partial charge in [-0.15, -0.1) is 0 Å². The number of benzene rings is 2. The standard InChI is InChI=1S/C18H11N3O4/c1-20-15(22)10-9-7-5-3-4-6-8(7)19-14(9)13-12(11(10)16(20)23)17(24)21(2)18(13)25/h3-6,19H,1-2H3. The maximum absolute atomic E-state index is 12.7. The molecule has 122 valence electrons. The molecule has 25 heavy (non-hydrogen) atoms. The summed E-state index contributed by atoms with van der Waals surface area (Å²) in [5.41, 5.74) is -0.901. The molecule has 5 aromatic rings. The first kappa shape index (κ1) is 13.9. The van der Waals surface area contributed by atoms with Gasteiger partial charge in [0.2, 0.25) is 0 Å². The fourth-order valence-electron chi connectivity index (χ4n) is 3.80. The van der Waals surface area contributed by atoms with Crippen molar-refractivity contribution >= 4 is 43.4 Å². The van der Waals surface area contributed by atoms with Crippen LogP contribution >= 0.6 is 0 Å². The van der Waals surface area contributed by atoms with E-state index in [1.165, 1.54) is 14.1 Å². The Morgan fingerprint density at radius 1 is 0.680 bits per heavy atom. The summed E-state index contributed by atoms with van der Waals surface area (Å²) in [5.74, 6) is 0. The Balaban J connectivity index is 2.41. The lowest BCUT2D eigenvalue weighted by molar-refractivity contribution is 0.854. The van der Waals surface area contributed by atoms with Crippen LogP contribution in [0.15, 0.2) is 43.4 Å². The zero-order chi connectivity index (χ0) is 17.6. The summed E-state index contributed by atoms with van der Waals surface area (Å²) in [6.45, 7) is 0. The summed E-state index contributed by atoms with van der Waals surface area (Å²) in [7, 11) is 2.75. The number of nitrogens with zero attached hydrogens (tertiary/aromatic N) is 2. The highest BCUT2D eigenvalue weighted by Crippen LogP contribution is 2.34. The maximum Gasteiger partial charge on any atom is 0.263 e. The van der Waals surface area contributed by atoms with Gasteiger partial charge in [0, 0.05) is 30.4 Å². The van der Waals surface area contributed by atoms with Crippen LogP contribution in [-0.4, -0.2) is 14.1 Å². The number of hydrogen-bond acceptors (Lipinski definition) is 4. The molecule has 0 aliphatic carbocycles. The molecule has 0 fully saturated rings. The van der Waals surface area contributed by atoms with E-state index in [4.69, 9.17) is 0 Å². The molecule has 3 aromatic heterocycles. The van der Waals surface area contributed by atoms with E-state index in [1.54, 1.807) is 0 Å². The van der Waals surface area contributed by atoms with E-state index in [1.807, 2.05) is 24.3 Å². The maximum atomic E-state index is 12.7. The number of hydrogen-bond donors (Lipinski definition) is 1. The van der Waals surface area contributed by atoms with E-state index in [9.17, 15) is 19.2 Å². The SMILES string of the molecule is Cn1c(=O)c2c3[nH]c4ccccc4c3c3c(=O)n(C)c(=O)c3c2c1=O. The van der Waals surface area contributed by atoms with E-state index in [-0.39, 0.29) is 21.5 Å². The van der Waals surface area contributed by atoms with E-state index in [0.717, 1.165) is 20.0 Å². The second-order valence-corrected chi connectivity index (χ2v) is 6.26. The summed E-state index contributed by atoms with van der Waals surface area (Å²) in [5, 5.41) is 1.65. The lowest BCUT2D eigenvalue weighted by atomic mass is 10.0. The van der Waals surface area contributed by atoms with Crippen LogP contribution in [0.1, 0.15) is 0 Å². The molecule has 0 aliphatic rings. The van der Waals surface area contributed by atoms with Crippen molar-refractivity contribution in [3.8, 4) is 0 Å². The first-order valence-electron chi connectivity index (χ1n) is 7.68. The van der Waals surface area contributed by atoms with Gasteiger partial charge >= 0.3 is 0 Å².